The van der Waals surface area contributed by atoms with Crippen molar-refractivity contribution >= 4 is 5.97 Å². The monoisotopic (exact) mass is 295 g/mol. The Morgan fingerprint density at radius 1 is 1.52 bits per heavy atom. The Labute approximate surface area is 124 Å². The Kier molecular flexibility index (Phi) is 4.83. The highest BCUT2D eigenvalue weighted by atomic mass is 19.1. The minimum Gasteiger partial charge on any atom is -0.487 e. The van der Waals surface area contributed by atoms with Crippen molar-refractivity contribution in [3.63, 3.8) is 0 Å². The molecule has 116 valence electrons. The van der Waals surface area contributed by atoms with Crippen LogP contribution in [0.5, 0.6) is 5.75 Å². The van der Waals surface area contributed by atoms with Crippen LogP contribution >= 0.6 is 0 Å². The molecule has 2 atom stereocenters. The zero-order valence-corrected chi connectivity index (χ0v) is 12.7. The summed E-state index contributed by atoms with van der Waals surface area (Å²) in [5.74, 6) is -0.406. The topological polar surface area (TPSA) is 47.6 Å². The van der Waals surface area contributed by atoms with E-state index in [4.69, 9.17) is 9.47 Å². The zero-order chi connectivity index (χ0) is 15.5. The molecule has 4 nitrogen and oxygen atoms in total. The maximum Gasteiger partial charge on any atom is 0.326 e. The van der Waals surface area contributed by atoms with E-state index in [1.165, 1.54) is 13.2 Å². The standard InChI is InChI=1S/C16H22FNO3/c1-4-18-16(15(19)20-3)8-7-12(10-16)21-14-9-11(2)5-6-13(14)17/h5-6,9,12,18H,4,7-8,10H2,1-3H3. The number of benzene rings is 1. The molecular weight excluding hydrogens is 273 g/mol. The van der Waals surface area contributed by atoms with Gasteiger partial charge in [-0.3, -0.25) is 4.79 Å². The number of hydrogen-bond acceptors (Lipinski definition) is 4. The van der Waals surface area contributed by atoms with Crippen molar-refractivity contribution in [3.8, 4) is 5.75 Å². The minimum atomic E-state index is -0.714. The van der Waals surface area contributed by atoms with Crippen molar-refractivity contribution in [1.29, 1.82) is 0 Å². The van der Waals surface area contributed by atoms with Crippen LogP contribution in [-0.2, 0) is 9.53 Å². The molecule has 0 spiro atoms. The molecule has 1 fully saturated rings. The highest BCUT2D eigenvalue weighted by molar-refractivity contribution is 5.81. The number of hydrogen-bond donors (Lipinski definition) is 1. The second-order valence-corrected chi connectivity index (χ2v) is 5.52. The summed E-state index contributed by atoms with van der Waals surface area (Å²) in [5, 5.41) is 3.20. The zero-order valence-electron chi connectivity index (χ0n) is 12.7. The van der Waals surface area contributed by atoms with E-state index in [0.717, 1.165) is 5.56 Å². The lowest BCUT2D eigenvalue weighted by atomic mass is 9.97. The van der Waals surface area contributed by atoms with E-state index in [9.17, 15) is 9.18 Å². The maximum atomic E-state index is 13.8. The first-order valence-electron chi connectivity index (χ1n) is 7.27. The maximum absolute atomic E-state index is 13.8. The molecule has 2 unspecified atom stereocenters. The van der Waals surface area contributed by atoms with Gasteiger partial charge in [-0.2, -0.15) is 0 Å². The van der Waals surface area contributed by atoms with E-state index in [1.54, 1.807) is 12.1 Å². The van der Waals surface area contributed by atoms with Crippen LogP contribution in [0.2, 0.25) is 0 Å². The molecule has 1 aliphatic rings. The van der Waals surface area contributed by atoms with Crippen LogP contribution in [0.4, 0.5) is 4.39 Å². The molecular formula is C16H22FNO3. The van der Waals surface area contributed by atoms with Crippen LogP contribution in [0, 0.1) is 12.7 Å². The molecule has 1 N–H and O–H groups in total. The van der Waals surface area contributed by atoms with E-state index in [1.807, 2.05) is 13.8 Å². The molecule has 2 rings (SSSR count). The normalized spacial score (nSPS) is 24.9. The number of carbonyl (C=O) groups excluding carboxylic acids is 1. The van der Waals surface area contributed by atoms with Crippen molar-refractivity contribution < 1.29 is 18.7 Å². The highest BCUT2D eigenvalue weighted by Gasteiger charge is 2.46. The average molecular weight is 295 g/mol. The summed E-state index contributed by atoms with van der Waals surface area (Å²) in [7, 11) is 1.38. The summed E-state index contributed by atoms with van der Waals surface area (Å²) in [5.41, 5.74) is 0.226. The Balaban J connectivity index is 2.10. The third kappa shape index (κ3) is 3.35. The largest absolute Gasteiger partial charge is 0.487 e. The van der Waals surface area contributed by atoms with E-state index < -0.39 is 5.54 Å². The summed E-state index contributed by atoms with van der Waals surface area (Å²) in [6.45, 7) is 4.50. The number of rotatable bonds is 5. The fourth-order valence-corrected chi connectivity index (χ4v) is 2.93. The molecule has 0 saturated heterocycles. The quantitative estimate of drug-likeness (QED) is 0.848. The van der Waals surface area contributed by atoms with E-state index in [2.05, 4.69) is 5.32 Å². The third-order valence-electron chi connectivity index (χ3n) is 3.94. The molecule has 1 aromatic rings. The number of carbonyl (C=O) groups is 1. The van der Waals surface area contributed by atoms with Gasteiger partial charge in [0.25, 0.3) is 0 Å². The Morgan fingerprint density at radius 3 is 2.95 bits per heavy atom. The molecule has 1 aromatic carbocycles. The van der Waals surface area contributed by atoms with Gasteiger partial charge >= 0.3 is 5.97 Å². The molecule has 5 heteroatoms. The van der Waals surface area contributed by atoms with Crippen molar-refractivity contribution in [2.45, 2.75) is 44.8 Å². The molecule has 0 aliphatic heterocycles. The van der Waals surface area contributed by atoms with Crippen molar-refractivity contribution in [2.24, 2.45) is 0 Å². The third-order valence-corrected chi connectivity index (χ3v) is 3.94. The smallest absolute Gasteiger partial charge is 0.326 e. The van der Waals surface area contributed by atoms with Crippen LogP contribution in [0.3, 0.4) is 0 Å². The van der Waals surface area contributed by atoms with E-state index in [0.29, 0.717) is 25.8 Å². The number of methoxy groups -OCH3 is 1. The average Bonchev–Trinajstić information content (AvgIpc) is 2.87. The van der Waals surface area contributed by atoms with E-state index in [-0.39, 0.29) is 23.6 Å². The Morgan fingerprint density at radius 2 is 2.29 bits per heavy atom. The molecule has 1 saturated carbocycles. The fourth-order valence-electron chi connectivity index (χ4n) is 2.93. The lowest BCUT2D eigenvalue weighted by Crippen LogP contribution is -2.51. The van der Waals surface area contributed by atoms with Crippen LogP contribution in [-0.4, -0.2) is 31.3 Å². The highest BCUT2D eigenvalue weighted by Crippen LogP contribution is 2.34. The Hall–Kier alpha value is -1.62. The first kappa shape index (κ1) is 15.8. The van der Waals surface area contributed by atoms with Gasteiger partial charge in [-0.05, 0) is 44.0 Å². The first-order chi connectivity index (χ1) is 10.0. The number of aryl methyl sites for hydroxylation is 1. The molecule has 0 amide bonds. The summed E-state index contributed by atoms with van der Waals surface area (Å²) < 4.78 is 24.4. The second-order valence-electron chi connectivity index (χ2n) is 5.52. The molecule has 21 heavy (non-hydrogen) atoms. The number of esters is 1. The van der Waals surface area contributed by atoms with Crippen molar-refractivity contribution in [2.75, 3.05) is 13.7 Å². The van der Waals surface area contributed by atoms with Crippen LogP contribution in [0.25, 0.3) is 0 Å². The van der Waals surface area contributed by atoms with Crippen molar-refractivity contribution in [3.05, 3.63) is 29.6 Å². The number of ether oxygens (including phenoxy) is 2. The molecule has 0 bridgehead atoms. The summed E-state index contributed by atoms with van der Waals surface area (Å²) in [6.07, 6.45) is 1.61. The molecule has 0 radical (unpaired) electrons. The minimum absolute atomic E-state index is 0.195. The number of nitrogens with one attached hydrogen (secondary N) is 1. The van der Waals surface area contributed by atoms with Gasteiger partial charge in [-0.25, -0.2) is 4.39 Å². The van der Waals surface area contributed by atoms with Gasteiger partial charge in [0.2, 0.25) is 0 Å². The van der Waals surface area contributed by atoms with Gasteiger partial charge in [-0.1, -0.05) is 13.0 Å². The molecule has 0 aromatic heterocycles. The SMILES string of the molecule is CCNC1(C(=O)OC)CCC(Oc2cc(C)ccc2F)C1. The summed E-state index contributed by atoms with van der Waals surface area (Å²) in [6, 6.07) is 4.78. The summed E-state index contributed by atoms with van der Waals surface area (Å²) in [4.78, 5) is 12.0. The lowest BCUT2D eigenvalue weighted by Gasteiger charge is -2.27. The number of likely N-dealkylation sites (N-methyl/N-ethyl adjacent to an activating group) is 1. The molecule has 1 aliphatic carbocycles. The van der Waals surface area contributed by atoms with Gasteiger partial charge in [0.1, 0.15) is 11.6 Å². The van der Waals surface area contributed by atoms with Gasteiger partial charge in [0, 0.05) is 6.42 Å². The van der Waals surface area contributed by atoms with Crippen molar-refractivity contribution in [1.82, 2.24) is 5.32 Å². The lowest BCUT2D eigenvalue weighted by molar-refractivity contribution is -0.148. The second kappa shape index (κ2) is 6.43. The van der Waals surface area contributed by atoms with Gasteiger partial charge < -0.3 is 14.8 Å². The van der Waals surface area contributed by atoms with Gasteiger partial charge in [0.15, 0.2) is 11.6 Å². The summed E-state index contributed by atoms with van der Waals surface area (Å²) >= 11 is 0. The Bertz CT molecular complexity index is 520. The fraction of sp³-hybridized carbons (Fsp3) is 0.562. The first-order valence-corrected chi connectivity index (χ1v) is 7.27. The van der Waals surface area contributed by atoms with Crippen LogP contribution in [0.1, 0.15) is 31.7 Å². The van der Waals surface area contributed by atoms with Gasteiger partial charge in [-0.15, -0.1) is 0 Å². The molecule has 0 heterocycles. The van der Waals surface area contributed by atoms with Crippen LogP contribution < -0.4 is 10.1 Å². The van der Waals surface area contributed by atoms with Crippen LogP contribution in [0.15, 0.2) is 18.2 Å². The van der Waals surface area contributed by atoms with Gasteiger partial charge in [0.05, 0.1) is 7.11 Å². The predicted octanol–water partition coefficient (Wildman–Crippen LogP) is 2.59. The van der Waals surface area contributed by atoms with E-state index >= 15 is 0 Å². The predicted molar refractivity (Wildman–Crippen MR) is 77.8 cm³/mol. The number of halogens is 1.